The summed E-state index contributed by atoms with van der Waals surface area (Å²) < 4.78 is 0. The van der Waals surface area contributed by atoms with E-state index in [0.717, 1.165) is 5.56 Å². The Morgan fingerprint density at radius 3 is 2.63 bits per heavy atom. The van der Waals surface area contributed by atoms with E-state index in [9.17, 15) is 9.59 Å². The average molecular weight is 280 g/mol. The number of amides is 2. The predicted molar refractivity (Wildman–Crippen MR) is 76.2 cm³/mol. The lowest BCUT2D eigenvalue weighted by Crippen LogP contribution is -2.56. The van der Waals surface area contributed by atoms with Gasteiger partial charge < -0.3 is 9.80 Å². The summed E-state index contributed by atoms with van der Waals surface area (Å²) in [4.78, 5) is 28.0. The average Bonchev–Trinajstić information content (AvgIpc) is 2.90. The van der Waals surface area contributed by atoms with Gasteiger partial charge in [-0.3, -0.25) is 9.59 Å². The smallest absolute Gasteiger partial charge is 0.255 e. The highest BCUT2D eigenvalue weighted by atomic mass is 32.1. The number of thiophene rings is 1. The summed E-state index contributed by atoms with van der Waals surface area (Å²) in [5.74, 6) is 0.270. The second-order valence-electron chi connectivity index (χ2n) is 5.30. The van der Waals surface area contributed by atoms with Crippen LogP contribution in [-0.2, 0) is 4.79 Å². The van der Waals surface area contributed by atoms with Gasteiger partial charge in [-0.2, -0.15) is 11.3 Å². The Balaban J connectivity index is 2.01. The molecule has 1 aromatic rings. The summed E-state index contributed by atoms with van der Waals surface area (Å²) >= 11 is 1.53. The van der Waals surface area contributed by atoms with Crippen LogP contribution in [0.4, 0.5) is 0 Å². The van der Waals surface area contributed by atoms with Gasteiger partial charge in [0.25, 0.3) is 5.91 Å². The molecule has 1 aliphatic heterocycles. The number of hydrogen-bond donors (Lipinski definition) is 0. The van der Waals surface area contributed by atoms with Gasteiger partial charge in [0.2, 0.25) is 5.91 Å². The highest BCUT2D eigenvalue weighted by Crippen LogP contribution is 2.17. The molecule has 2 rings (SSSR count). The van der Waals surface area contributed by atoms with Crippen LogP contribution in [0.1, 0.15) is 31.1 Å². The van der Waals surface area contributed by atoms with Crippen molar-refractivity contribution in [1.29, 1.82) is 0 Å². The Labute approximate surface area is 118 Å². The minimum Gasteiger partial charge on any atom is -0.339 e. The molecule has 19 heavy (non-hydrogen) atoms. The van der Waals surface area contributed by atoms with Crippen LogP contribution in [0.25, 0.3) is 0 Å². The van der Waals surface area contributed by atoms with E-state index in [0.29, 0.717) is 19.6 Å². The Morgan fingerprint density at radius 1 is 1.37 bits per heavy atom. The second kappa shape index (κ2) is 5.74. The molecule has 4 nitrogen and oxygen atoms in total. The van der Waals surface area contributed by atoms with Crippen molar-refractivity contribution in [2.75, 3.05) is 19.6 Å². The van der Waals surface area contributed by atoms with Gasteiger partial charge in [-0.05, 0) is 18.4 Å². The molecule has 104 valence electrons. The highest BCUT2D eigenvalue weighted by Gasteiger charge is 2.30. The van der Waals surface area contributed by atoms with Crippen molar-refractivity contribution in [3.05, 3.63) is 22.4 Å². The van der Waals surface area contributed by atoms with E-state index in [2.05, 4.69) is 0 Å². The van der Waals surface area contributed by atoms with E-state index in [1.807, 2.05) is 47.4 Å². The third-order valence-electron chi connectivity index (χ3n) is 3.46. The maximum atomic E-state index is 12.3. The summed E-state index contributed by atoms with van der Waals surface area (Å²) in [6.45, 7) is 7.72. The number of rotatable bonds is 2. The third-order valence-corrected chi connectivity index (χ3v) is 4.15. The first kappa shape index (κ1) is 14.1. The summed E-state index contributed by atoms with van der Waals surface area (Å²) in [5.41, 5.74) is 0.750. The molecule has 1 fully saturated rings. The fraction of sp³-hybridized carbons (Fsp3) is 0.571. The number of carbonyl (C=O) groups excluding carboxylic acids is 2. The van der Waals surface area contributed by atoms with Crippen LogP contribution in [0.15, 0.2) is 16.8 Å². The van der Waals surface area contributed by atoms with Crippen LogP contribution < -0.4 is 0 Å². The molecule has 2 heterocycles. The number of nitrogens with zero attached hydrogens (tertiary/aromatic N) is 2. The minimum atomic E-state index is 0.0197. The quantitative estimate of drug-likeness (QED) is 0.832. The van der Waals surface area contributed by atoms with Crippen LogP contribution in [0.3, 0.4) is 0 Å². The Bertz CT molecular complexity index is 456. The summed E-state index contributed by atoms with van der Waals surface area (Å²) in [5, 5.41) is 3.79. The third kappa shape index (κ3) is 2.97. The standard InChI is InChI=1S/C14H20N2O2S/c1-10(2)13(17)15-5-6-16(11(3)8-15)14(18)12-4-7-19-9-12/h4,7,9-11H,5-6,8H2,1-3H3. The molecule has 0 radical (unpaired) electrons. The zero-order valence-electron chi connectivity index (χ0n) is 11.6. The van der Waals surface area contributed by atoms with Crippen molar-refractivity contribution in [3.63, 3.8) is 0 Å². The molecular weight excluding hydrogens is 260 g/mol. The molecule has 1 unspecified atom stereocenters. The fourth-order valence-corrected chi connectivity index (χ4v) is 3.01. The van der Waals surface area contributed by atoms with Crippen LogP contribution in [0.5, 0.6) is 0 Å². The summed E-state index contributed by atoms with van der Waals surface area (Å²) in [6, 6.07) is 1.93. The molecule has 0 spiro atoms. The molecular formula is C14H20N2O2S. The second-order valence-corrected chi connectivity index (χ2v) is 6.08. The van der Waals surface area contributed by atoms with Gasteiger partial charge in [-0.1, -0.05) is 13.8 Å². The first-order valence-corrected chi connectivity index (χ1v) is 7.57. The molecule has 1 saturated heterocycles. The van der Waals surface area contributed by atoms with E-state index >= 15 is 0 Å². The van der Waals surface area contributed by atoms with E-state index in [1.54, 1.807) is 0 Å². The first-order valence-electron chi connectivity index (χ1n) is 6.62. The van der Waals surface area contributed by atoms with Gasteiger partial charge in [0, 0.05) is 37.0 Å². The molecule has 0 bridgehead atoms. The lowest BCUT2D eigenvalue weighted by Gasteiger charge is -2.40. The molecule has 2 amide bonds. The van der Waals surface area contributed by atoms with E-state index in [-0.39, 0.29) is 23.8 Å². The van der Waals surface area contributed by atoms with Crippen LogP contribution in [-0.4, -0.2) is 47.3 Å². The van der Waals surface area contributed by atoms with Crippen molar-refractivity contribution in [2.45, 2.75) is 26.8 Å². The lowest BCUT2D eigenvalue weighted by atomic mass is 10.1. The van der Waals surface area contributed by atoms with Crippen molar-refractivity contribution in [3.8, 4) is 0 Å². The van der Waals surface area contributed by atoms with E-state index in [4.69, 9.17) is 0 Å². The van der Waals surface area contributed by atoms with Crippen molar-refractivity contribution in [1.82, 2.24) is 9.80 Å². The van der Waals surface area contributed by atoms with Crippen LogP contribution >= 0.6 is 11.3 Å². The normalized spacial score (nSPS) is 19.9. The van der Waals surface area contributed by atoms with Gasteiger partial charge in [-0.15, -0.1) is 0 Å². The Hall–Kier alpha value is -1.36. The molecule has 1 aliphatic rings. The lowest BCUT2D eigenvalue weighted by molar-refractivity contribution is -0.136. The SMILES string of the molecule is CC(C)C(=O)N1CCN(C(=O)c2ccsc2)C(C)C1. The number of piperazine rings is 1. The van der Waals surface area contributed by atoms with Crippen molar-refractivity contribution >= 4 is 23.2 Å². The van der Waals surface area contributed by atoms with E-state index < -0.39 is 0 Å². The van der Waals surface area contributed by atoms with Gasteiger partial charge in [0.05, 0.1) is 5.56 Å². The molecule has 0 aliphatic carbocycles. The molecule has 5 heteroatoms. The monoisotopic (exact) mass is 280 g/mol. The van der Waals surface area contributed by atoms with Gasteiger partial charge in [0.15, 0.2) is 0 Å². The van der Waals surface area contributed by atoms with E-state index in [1.165, 1.54) is 11.3 Å². The maximum Gasteiger partial charge on any atom is 0.255 e. The summed E-state index contributed by atoms with van der Waals surface area (Å²) in [7, 11) is 0. The minimum absolute atomic E-state index is 0.0197. The van der Waals surface area contributed by atoms with Crippen molar-refractivity contribution < 1.29 is 9.59 Å². The molecule has 0 saturated carbocycles. The van der Waals surface area contributed by atoms with Crippen molar-refractivity contribution in [2.24, 2.45) is 5.92 Å². The molecule has 0 aromatic carbocycles. The van der Waals surface area contributed by atoms with Gasteiger partial charge in [0.1, 0.15) is 0 Å². The summed E-state index contributed by atoms with van der Waals surface area (Å²) in [6.07, 6.45) is 0. The fourth-order valence-electron chi connectivity index (χ4n) is 2.38. The molecule has 0 N–H and O–H groups in total. The van der Waals surface area contributed by atoms with Crippen LogP contribution in [0, 0.1) is 5.92 Å². The molecule has 1 aromatic heterocycles. The van der Waals surface area contributed by atoms with Gasteiger partial charge >= 0.3 is 0 Å². The first-order chi connectivity index (χ1) is 9.00. The number of hydrogen-bond acceptors (Lipinski definition) is 3. The largest absolute Gasteiger partial charge is 0.339 e. The van der Waals surface area contributed by atoms with Gasteiger partial charge in [-0.25, -0.2) is 0 Å². The zero-order valence-corrected chi connectivity index (χ0v) is 12.4. The number of carbonyl (C=O) groups is 2. The zero-order chi connectivity index (χ0) is 14.0. The van der Waals surface area contributed by atoms with Crippen LogP contribution in [0.2, 0.25) is 0 Å². The maximum absolute atomic E-state index is 12.3. The predicted octanol–water partition coefficient (Wildman–Crippen LogP) is 2.08. The Morgan fingerprint density at radius 2 is 2.11 bits per heavy atom. The highest BCUT2D eigenvalue weighted by molar-refractivity contribution is 7.08. The Kier molecular flexibility index (Phi) is 4.24. The molecule has 1 atom stereocenters. The topological polar surface area (TPSA) is 40.6 Å².